The second kappa shape index (κ2) is 7.45. The van der Waals surface area contributed by atoms with E-state index in [9.17, 15) is 9.59 Å². The zero-order valence-electron chi connectivity index (χ0n) is 15.5. The van der Waals surface area contributed by atoms with Crippen LogP contribution in [-0.4, -0.2) is 35.8 Å². The van der Waals surface area contributed by atoms with E-state index in [0.717, 1.165) is 32.2 Å². The smallest absolute Gasteiger partial charge is 0.254 e. The van der Waals surface area contributed by atoms with Gasteiger partial charge in [-0.1, -0.05) is 25.7 Å². The summed E-state index contributed by atoms with van der Waals surface area (Å²) in [4.78, 5) is 27.3. The number of amides is 2. The predicted molar refractivity (Wildman–Crippen MR) is 98.6 cm³/mol. The average molecular weight is 358 g/mol. The zero-order chi connectivity index (χ0) is 18.0. The molecule has 142 valence electrons. The van der Waals surface area contributed by atoms with Crippen molar-refractivity contribution in [3.8, 4) is 0 Å². The number of carbonyl (C=O) groups excluding carboxylic acids is 2. The minimum atomic E-state index is -0.0745. The number of carbonyl (C=O) groups is 2. The molecule has 3 aliphatic rings. The highest BCUT2D eigenvalue weighted by molar-refractivity contribution is 5.93. The minimum absolute atomic E-state index is 0.0575. The Kier molecular flexibility index (Phi) is 5.05. The molecule has 26 heavy (non-hydrogen) atoms. The number of furan rings is 1. The average Bonchev–Trinajstić information content (AvgIpc) is 3.33. The molecule has 2 heterocycles. The van der Waals surface area contributed by atoms with E-state index in [1.54, 1.807) is 6.07 Å². The number of likely N-dealkylation sites (tertiary alicyclic amines) is 1. The predicted octanol–water partition coefficient (Wildman–Crippen LogP) is 3.75. The van der Waals surface area contributed by atoms with Gasteiger partial charge in [-0.25, -0.2) is 0 Å². The summed E-state index contributed by atoms with van der Waals surface area (Å²) in [7, 11) is 0. The van der Waals surface area contributed by atoms with Crippen LogP contribution in [0.5, 0.6) is 0 Å². The first-order valence-corrected chi connectivity index (χ1v) is 10.3. The third kappa shape index (κ3) is 3.40. The lowest BCUT2D eigenvalue weighted by atomic mass is 9.74. The van der Waals surface area contributed by atoms with Gasteiger partial charge in [-0.2, -0.15) is 0 Å². The quantitative estimate of drug-likeness (QED) is 0.872. The Hall–Kier alpha value is -1.78. The lowest BCUT2D eigenvalue weighted by Gasteiger charge is -2.47. The van der Waals surface area contributed by atoms with Crippen molar-refractivity contribution in [2.75, 3.05) is 13.1 Å². The summed E-state index contributed by atoms with van der Waals surface area (Å²) in [6.07, 6.45) is 14.4. The number of fused-ring (bicyclic) bond motifs is 1. The van der Waals surface area contributed by atoms with Crippen LogP contribution >= 0.6 is 0 Å². The van der Waals surface area contributed by atoms with Crippen LogP contribution in [0.1, 0.15) is 74.6 Å². The van der Waals surface area contributed by atoms with Gasteiger partial charge in [-0.05, 0) is 44.1 Å². The number of nitrogens with zero attached hydrogens (tertiary/aromatic N) is 1. The van der Waals surface area contributed by atoms with Gasteiger partial charge in [0.15, 0.2) is 0 Å². The minimum Gasteiger partial charge on any atom is -0.472 e. The molecule has 5 nitrogen and oxygen atoms in total. The molecule has 1 saturated heterocycles. The molecule has 2 amide bonds. The van der Waals surface area contributed by atoms with E-state index >= 15 is 0 Å². The van der Waals surface area contributed by atoms with Gasteiger partial charge in [0.1, 0.15) is 6.26 Å². The van der Waals surface area contributed by atoms with E-state index in [2.05, 4.69) is 10.2 Å². The summed E-state index contributed by atoms with van der Waals surface area (Å²) in [5, 5.41) is 3.12. The van der Waals surface area contributed by atoms with Gasteiger partial charge in [-0.3, -0.25) is 9.59 Å². The van der Waals surface area contributed by atoms with E-state index < -0.39 is 0 Å². The molecule has 2 atom stereocenters. The summed E-state index contributed by atoms with van der Waals surface area (Å²) in [6.45, 7) is 1.59. The van der Waals surface area contributed by atoms with Crippen LogP contribution in [0.15, 0.2) is 23.0 Å². The maximum atomic E-state index is 12.7. The highest BCUT2D eigenvalue weighted by atomic mass is 16.3. The van der Waals surface area contributed by atoms with E-state index in [-0.39, 0.29) is 11.3 Å². The van der Waals surface area contributed by atoms with Crippen molar-refractivity contribution in [1.29, 1.82) is 0 Å². The highest BCUT2D eigenvalue weighted by Crippen LogP contribution is 2.48. The molecule has 0 aromatic carbocycles. The van der Waals surface area contributed by atoms with Crippen LogP contribution in [0, 0.1) is 11.3 Å². The third-order valence-corrected chi connectivity index (χ3v) is 6.96. The van der Waals surface area contributed by atoms with Gasteiger partial charge in [0.05, 0.1) is 11.8 Å². The molecule has 0 unspecified atom stereocenters. The molecule has 0 radical (unpaired) electrons. The second-order valence-electron chi connectivity index (χ2n) is 8.52. The zero-order valence-corrected chi connectivity index (χ0v) is 15.5. The SMILES string of the molecule is O=C(NC[C@@]12CCC[C@H]1N(CC1CCCCC1)C(=O)CC2)c1ccoc1. The number of hydrogen-bond acceptors (Lipinski definition) is 3. The Balaban J connectivity index is 1.44. The molecule has 2 saturated carbocycles. The van der Waals surface area contributed by atoms with Crippen molar-refractivity contribution in [1.82, 2.24) is 10.2 Å². The largest absolute Gasteiger partial charge is 0.472 e. The summed E-state index contributed by atoms with van der Waals surface area (Å²) < 4.78 is 5.01. The molecule has 1 aliphatic heterocycles. The van der Waals surface area contributed by atoms with Crippen LogP contribution in [0.4, 0.5) is 0 Å². The first kappa shape index (κ1) is 17.6. The van der Waals surface area contributed by atoms with Crippen LogP contribution in [0.25, 0.3) is 0 Å². The Morgan fingerprint density at radius 3 is 2.81 bits per heavy atom. The molecule has 0 spiro atoms. The topological polar surface area (TPSA) is 62.6 Å². The van der Waals surface area contributed by atoms with Crippen molar-refractivity contribution in [3.05, 3.63) is 24.2 Å². The van der Waals surface area contributed by atoms with Crippen LogP contribution in [-0.2, 0) is 4.79 Å². The third-order valence-electron chi connectivity index (χ3n) is 6.96. The van der Waals surface area contributed by atoms with Gasteiger partial charge in [0.2, 0.25) is 5.91 Å². The van der Waals surface area contributed by atoms with Gasteiger partial charge in [0, 0.05) is 31.0 Å². The fourth-order valence-corrected chi connectivity index (χ4v) is 5.50. The van der Waals surface area contributed by atoms with Crippen LogP contribution in [0.2, 0.25) is 0 Å². The standard InChI is InChI=1S/C21H30N2O3/c24-19-8-11-21(15-22-20(25)17-9-12-26-14-17)10-4-7-18(21)23(19)13-16-5-2-1-3-6-16/h9,12,14,16,18H,1-8,10-11,13,15H2,(H,22,25)/t18-,21+/m1/s1. The number of piperidine rings is 1. The van der Waals surface area contributed by atoms with Gasteiger partial charge >= 0.3 is 0 Å². The van der Waals surface area contributed by atoms with E-state index in [1.165, 1.54) is 44.6 Å². The number of rotatable bonds is 5. The number of hydrogen-bond donors (Lipinski definition) is 1. The van der Waals surface area contributed by atoms with E-state index in [1.807, 2.05) is 0 Å². The monoisotopic (exact) mass is 358 g/mol. The summed E-state index contributed by atoms with van der Waals surface area (Å²) in [5.41, 5.74) is 0.629. The molecule has 1 aromatic rings. The van der Waals surface area contributed by atoms with Crippen molar-refractivity contribution < 1.29 is 14.0 Å². The van der Waals surface area contributed by atoms with Crippen molar-refractivity contribution in [2.45, 2.75) is 70.3 Å². The fraction of sp³-hybridized carbons (Fsp3) is 0.714. The Morgan fingerprint density at radius 1 is 1.19 bits per heavy atom. The molecule has 1 aromatic heterocycles. The maximum Gasteiger partial charge on any atom is 0.254 e. The lowest BCUT2D eigenvalue weighted by Crippen LogP contribution is -2.57. The number of nitrogens with one attached hydrogen (secondary N) is 1. The molecule has 3 fully saturated rings. The molecule has 0 bridgehead atoms. The molecular formula is C21H30N2O3. The van der Waals surface area contributed by atoms with E-state index in [4.69, 9.17) is 4.42 Å². The van der Waals surface area contributed by atoms with Crippen molar-refractivity contribution in [2.24, 2.45) is 11.3 Å². The fourth-order valence-electron chi connectivity index (χ4n) is 5.50. The Morgan fingerprint density at radius 2 is 2.04 bits per heavy atom. The molecule has 1 N–H and O–H groups in total. The second-order valence-corrected chi connectivity index (χ2v) is 8.52. The summed E-state index contributed by atoms with van der Waals surface area (Å²) in [5.74, 6) is 0.929. The van der Waals surface area contributed by atoms with Crippen molar-refractivity contribution >= 4 is 11.8 Å². The van der Waals surface area contributed by atoms with Crippen LogP contribution in [0.3, 0.4) is 0 Å². The van der Waals surface area contributed by atoms with Gasteiger partial charge < -0.3 is 14.6 Å². The first-order chi connectivity index (χ1) is 12.7. The molecule has 5 heteroatoms. The summed E-state index contributed by atoms with van der Waals surface area (Å²) >= 11 is 0. The van der Waals surface area contributed by atoms with E-state index in [0.29, 0.717) is 36.4 Å². The maximum absolute atomic E-state index is 12.7. The molecular weight excluding hydrogens is 328 g/mol. The lowest BCUT2D eigenvalue weighted by molar-refractivity contribution is -0.142. The first-order valence-electron chi connectivity index (χ1n) is 10.3. The summed E-state index contributed by atoms with van der Waals surface area (Å²) in [6, 6.07) is 1.99. The highest BCUT2D eigenvalue weighted by Gasteiger charge is 2.50. The molecule has 2 aliphatic carbocycles. The Labute approximate surface area is 155 Å². The van der Waals surface area contributed by atoms with Crippen LogP contribution < -0.4 is 5.32 Å². The van der Waals surface area contributed by atoms with Crippen molar-refractivity contribution in [3.63, 3.8) is 0 Å². The normalized spacial score (nSPS) is 29.6. The van der Waals surface area contributed by atoms with Gasteiger partial charge in [0.25, 0.3) is 5.91 Å². The van der Waals surface area contributed by atoms with Gasteiger partial charge in [-0.15, -0.1) is 0 Å². The molecule has 4 rings (SSSR count). The Bertz CT molecular complexity index is 636.